The molecule has 1 atom stereocenters. The van der Waals surface area contributed by atoms with E-state index >= 15 is 0 Å². The van der Waals surface area contributed by atoms with Crippen molar-refractivity contribution in [2.75, 3.05) is 6.54 Å². The van der Waals surface area contributed by atoms with Gasteiger partial charge < -0.3 is 9.88 Å². The molecule has 3 rings (SSSR count). The molecule has 0 bridgehead atoms. The van der Waals surface area contributed by atoms with Gasteiger partial charge in [0.2, 0.25) is 5.91 Å². The Kier molecular flexibility index (Phi) is 2.50. The third-order valence-electron chi connectivity index (χ3n) is 3.78. The Morgan fingerprint density at radius 2 is 2.12 bits per heavy atom. The number of aromatic nitrogens is 1. The Morgan fingerprint density at radius 1 is 1.24 bits per heavy atom. The predicted octanol–water partition coefficient (Wildman–Crippen LogP) is 1.46. The SMILES string of the molecule is O=C1CCC(n2ccc3c2CCCC3=O)CN1. The average molecular weight is 232 g/mol. The van der Waals surface area contributed by atoms with Gasteiger partial charge in [-0.25, -0.2) is 0 Å². The maximum absolute atomic E-state index is 11.8. The third kappa shape index (κ3) is 1.77. The molecule has 4 heteroatoms. The summed E-state index contributed by atoms with van der Waals surface area (Å²) in [7, 11) is 0. The number of fused-ring (bicyclic) bond motifs is 1. The van der Waals surface area contributed by atoms with Gasteiger partial charge in [0, 0.05) is 36.8 Å². The first kappa shape index (κ1) is 10.6. The van der Waals surface area contributed by atoms with Crippen molar-refractivity contribution < 1.29 is 9.59 Å². The first-order valence-corrected chi connectivity index (χ1v) is 6.25. The number of carbonyl (C=O) groups is 2. The highest BCUT2D eigenvalue weighted by atomic mass is 16.1. The molecular weight excluding hydrogens is 216 g/mol. The topological polar surface area (TPSA) is 51.1 Å². The minimum atomic E-state index is 0.137. The van der Waals surface area contributed by atoms with E-state index in [1.165, 1.54) is 5.69 Å². The van der Waals surface area contributed by atoms with Crippen molar-refractivity contribution in [2.24, 2.45) is 0 Å². The molecule has 90 valence electrons. The van der Waals surface area contributed by atoms with Gasteiger partial charge >= 0.3 is 0 Å². The van der Waals surface area contributed by atoms with Crippen molar-refractivity contribution in [3.63, 3.8) is 0 Å². The quantitative estimate of drug-likeness (QED) is 0.797. The fourth-order valence-electron chi connectivity index (χ4n) is 2.85. The molecule has 1 aromatic heterocycles. The highest BCUT2D eigenvalue weighted by Gasteiger charge is 2.26. The molecule has 0 spiro atoms. The molecule has 2 heterocycles. The zero-order valence-corrected chi connectivity index (χ0v) is 9.74. The predicted molar refractivity (Wildman–Crippen MR) is 63.0 cm³/mol. The van der Waals surface area contributed by atoms with Crippen LogP contribution < -0.4 is 5.32 Å². The fourth-order valence-corrected chi connectivity index (χ4v) is 2.85. The molecule has 1 unspecified atom stereocenters. The molecule has 1 N–H and O–H groups in total. The van der Waals surface area contributed by atoms with E-state index in [4.69, 9.17) is 0 Å². The van der Waals surface area contributed by atoms with E-state index in [-0.39, 0.29) is 11.7 Å². The summed E-state index contributed by atoms with van der Waals surface area (Å²) in [6.45, 7) is 0.689. The summed E-state index contributed by atoms with van der Waals surface area (Å²) in [6, 6.07) is 2.26. The largest absolute Gasteiger partial charge is 0.354 e. The second-order valence-corrected chi connectivity index (χ2v) is 4.86. The minimum Gasteiger partial charge on any atom is -0.354 e. The van der Waals surface area contributed by atoms with Crippen LogP contribution in [-0.4, -0.2) is 22.8 Å². The Balaban J connectivity index is 1.89. The number of carbonyl (C=O) groups excluding carboxylic acids is 2. The maximum atomic E-state index is 11.8. The van der Waals surface area contributed by atoms with Gasteiger partial charge in [-0.2, -0.15) is 0 Å². The summed E-state index contributed by atoms with van der Waals surface area (Å²) >= 11 is 0. The van der Waals surface area contributed by atoms with Crippen LogP contribution in [0.5, 0.6) is 0 Å². The normalized spacial score (nSPS) is 24.4. The molecule has 1 amide bonds. The molecule has 1 fully saturated rings. The van der Waals surface area contributed by atoms with E-state index in [1.807, 2.05) is 12.3 Å². The zero-order chi connectivity index (χ0) is 11.8. The van der Waals surface area contributed by atoms with Crippen LogP contribution in [0.4, 0.5) is 0 Å². The smallest absolute Gasteiger partial charge is 0.220 e. The Morgan fingerprint density at radius 3 is 2.88 bits per heavy atom. The monoisotopic (exact) mass is 232 g/mol. The number of rotatable bonds is 1. The van der Waals surface area contributed by atoms with Crippen LogP contribution in [0, 0.1) is 0 Å². The Bertz CT molecular complexity index is 466. The lowest BCUT2D eigenvalue weighted by molar-refractivity contribution is -0.122. The van der Waals surface area contributed by atoms with E-state index in [9.17, 15) is 9.59 Å². The van der Waals surface area contributed by atoms with Crippen LogP contribution in [0.1, 0.15) is 47.8 Å². The van der Waals surface area contributed by atoms with Gasteiger partial charge in [0.25, 0.3) is 0 Å². The number of hydrogen-bond acceptors (Lipinski definition) is 2. The summed E-state index contributed by atoms with van der Waals surface area (Å²) in [4.78, 5) is 22.9. The van der Waals surface area contributed by atoms with E-state index in [1.54, 1.807) is 0 Å². The second-order valence-electron chi connectivity index (χ2n) is 4.86. The van der Waals surface area contributed by atoms with Crippen LogP contribution >= 0.6 is 0 Å². The summed E-state index contributed by atoms with van der Waals surface area (Å²) in [6.07, 6.45) is 6.09. The first-order chi connectivity index (χ1) is 8.25. The summed E-state index contributed by atoms with van der Waals surface area (Å²) in [5, 5.41) is 2.89. The molecule has 1 aliphatic heterocycles. The summed E-state index contributed by atoms with van der Waals surface area (Å²) in [5.74, 6) is 0.406. The van der Waals surface area contributed by atoms with Crippen LogP contribution in [0.2, 0.25) is 0 Å². The van der Waals surface area contributed by atoms with Crippen molar-refractivity contribution in [3.05, 3.63) is 23.5 Å². The molecule has 0 saturated carbocycles. The van der Waals surface area contributed by atoms with Gasteiger partial charge in [-0.1, -0.05) is 0 Å². The highest BCUT2D eigenvalue weighted by molar-refractivity contribution is 5.98. The molecule has 1 aliphatic carbocycles. The summed E-state index contributed by atoms with van der Waals surface area (Å²) < 4.78 is 2.20. The van der Waals surface area contributed by atoms with Crippen molar-refractivity contribution in [3.8, 4) is 0 Å². The Hall–Kier alpha value is -1.58. The van der Waals surface area contributed by atoms with Crippen LogP contribution in [0.15, 0.2) is 12.3 Å². The number of nitrogens with zero attached hydrogens (tertiary/aromatic N) is 1. The van der Waals surface area contributed by atoms with Crippen molar-refractivity contribution in [1.29, 1.82) is 0 Å². The fraction of sp³-hybridized carbons (Fsp3) is 0.538. The molecular formula is C13H16N2O2. The van der Waals surface area contributed by atoms with E-state index in [0.717, 1.165) is 24.8 Å². The molecule has 17 heavy (non-hydrogen) atoms. The minimum absolute atomic E-state index is 0.137. The van der Waals surface area contributed by atoms with E-state index in [2.05, 4.69) is 9.88 Å². The van der Waals surface area contributed by atoms with E-state index < -0.39 is 0 Å². The molecule has 1 aromatic rings. The molecule has 0 aromatic carbocycles. The van der Waals surface area contributed by atoms with Crippen molar-refractivity contribution in [1.82, 2.24) is 9.88 Å². The standard InChI is InChI=1S/C13H16N2O2/c16-12-3-1-2-11-10(12)6-7-15(11)9-4-5-13(17)14-8-9/h6-7,9H,1-5,8H2,(H,14,17). The van der Waals surface area contributed by atoms with Crippen LogP contribution in [-0.2, 0) is 11.2 Å². The lowest BCUT2D eigenvalue weighted by Crippen LogP contribution is -2.36. The highest BCUT2D eigenvalue weighted by Crippen LogP contribution is 2.27. The maximum Gasteiger partial charge on any atom is 0.220 e. The van der Waals surface area contributed by atoms with Crippen LogP contribution in [0.3, 0.4) is 0 Å². The van der Waals surface area contributed by atoms with Crippen LogP contribution in [0.25, 0.3) is 0 Å². The molecule has 2 aliphatic rings. The number of piperidine rings is 1. The zero-order valence-electron chi connectivity index (χ0n) is 9.74. The third-order valence-corrected chi connectivity index (χ3v) is 3.78. The number of nitrogens with one attached hydrogen (secondary N) is 1. The first-order valence-electron chi connectivity index (χ1n) is 6.25. The number of Topliss-reactive ketones (excluding diaryl/α,β-unsaturated/α-hetero) is 1. The second kappa shape index (κ2) is 4.02. The molecule has 4 nitrogen and oxygen atoms in total. The average Bonchev–Trinajstić information content (AvgIpc) is 2.75. The van der Waals surface area contributed by atoms with Crippen molar-refractivity contribution in [2.45, 2.75) is 38.1 Å². The van der Waals surface area contributed by atoms with E-state index in [0.29, 0.717) is 25.4 Å². The van der Waals surface area contributed by atoms with Gasteiger partial charge in [-0.15, -0.1) is 0 Å². The lowest BCUT2D eigenvalue weighted by atomic mass is 9.96. The van der Waals surface area contributed by atoms with Gasteiger partial charge in [0.05, 0.1) is 6.04 Å². The number of amides is 1. The number of ketones is 1. The van der Waals surface area contributed by atoms with Gasteiger partial charge in [-0.3, -0.25) is 9.59 Å². The number of hydrogen-bond donors (Lipinski definition) is 1. The molecule has 0 radical (unpaired) electrons. The van der Waals surface area contributed by atoms with Gasteiger partial charge in [0.1, 0.15) is 0 Å². The van der Waals surface area contributed by atoms with Crippen molar-refractivity contribution >= 4 is 11.7 Å². The lowest BCUT2D eigenvalue weighted by Gasteiger charge is -2.27. The molecule has 1 saturated heterocycles. The summed E-state index contributed by atoms with van der Waals surface area (Å²) in [5.41, 5.74) is 2.07. The Labute approximate surface area is 100.0 Å². The van der Waals surface area contributed by atoms with Gasteiger partial charge in [0.15, 0.2) is 5.78 Å². The van der Waals surface area contributed by atoms with Gasteiger partial charge in [-0.05, 0) is 25.3 Å².